The van der Waals surface area contributed by atoms with Crippen molar-refractivity contribution in [1.29, 1.82) is 0 Å². The van der Waals surface area contributed by atoms with Crippen LogP contribution in [0.15, 0.2) is 113 Å². The Morgan fingerprint density at radius 1 is 1.00 bits per heavy atom. The van der Waals surface area contributed by atoms with E-state index in [2.05, 4.69) is 21.2 Å². The van der Waals surface area contributed by atoms with Gasteiger partial charge in [0.1, 0.15) is 5.75 Å². The van der Waals surface area contributed by atoms with E-state index in [1.807, 2.05) is 66.7 Å². The van der Waals surface area contributed by atoms with Crippen molar-refractivity contribution in [2.45, 2.75) is 31.0 Å². The van der Waals surface area contributed by atoms with Crippen molar-refractivity contribution in [3.63, 3.8) is 0 Å². The number of carbonyl (C=O) groups is 1. The molecule has 1 heterocycles. The van der Waals surface area contributed by atoms with E-state index in [0.717, 1.165) is 27.7 Å². The number of halogens is 3. The molecule has 0 radical (unpaired) electrons. The molecule has 0 fully saturated rings. The third-order valence-electron chi connectivity index (χ3n) is 7.18. The van der Waals surface area contributed by atoms with Gasteiger partial charge in [0.2, 0.25) is 5.90 Å². The van der Waals surface area contributed by atoms with Crippen LogP contribution in [0.2, 0.25) is 0 Å². The van der Waals surface area contributed by atoms with Gasteiger partial charge in [-0.15, -0.1) is 0 Å². The number of aliphatic hydroxyl groups is 1. The first kappa shape index (κ1) is 31.1. The highest BCUT2D eigenvalue weighted by atomic mass is 79.9. The smallest absolute Gasteiger partial charge is 0.252 e. The van der Waals surface area contributed by atoms with Gasteiger partial charge < -0.3 is 19.9 Å². The van der Waals surface area contributed by atoms with Crippen LogP contribution < -0.4 is 10.1 Å². The number of ether oxygens (including phenoxy) is 2. The lowest BCUT2D eigenvalue weighted by molar-refractivity contribution is -0.129. The fourth-order valence-corrected chi connectivity index (χ4v) is 5.14. The Hall–Kier alpha value is -4.34. The Bertz CT molecular complexity index is 1630. The summed E-state index contributed by atoms with van der Waals surface area (Å²) < 4.78 is 40.5. The van der Waals surface area contributed by atoms with Gasteiger partial charge in [0.25, 0.3) is 5.91 Å². The predicted molar refractivity (Wildman–Crippen MR) is 169 cm³/mol. The molecule has 0 saturated carbocycles. The number of nitrogens with zero attached hydrogens (tertiary/aromatic N) is 1. The van der Waals surface area contributed by atoms with Crippen LogP contribution in [0.5, 0.6) is 5.75 Å². The summed E-state index contributed by atoms with van der Waals surface area (Å²) in [5.41, 5.74) is 1.34. The molecule has 0 aromatic heterocycles. The number of nitrogens with one attached hydrogen (secondary N) is 1. The lowest BCUT2D eigenvalue weighted by atomic mass is 9.84. The third kappa shape index (κ3) is 7.41. The number of amides is 1. The lowest BCUT2D eigenvalue weighted by Crippen LogP contribution is -2.47. The van der Waals surface area contributed by atoms with Crippen molar-refractivity contribution >= 4 is 33.8 Å². The molecule has 0 unspecified atom stereocenters. The molecular formula is C35H31BrF2N2O4. The summed E-state index contributed by atoms with van der Waals surface area (Å²) in [6, 6.07) is 27.9. The van der Waals surface area contributed by atoms with E-state index >= 15 is 0 Å². The molecule has 0 spiro atoms. The molecule has 0 saturated heterocycles. The average Bonchev–Trinajstić information content (AvgIpc) is 3.43. The number of rotatable bonds is 12. The van der Waals surface area contributed by atoms with Gasteiger partial charge in [-0.3, -0.25) is 4.79 Å². The highest BCUT2D eigenvalue weighted by Gasteiger charge is 2.52. The molecule has 0 aliphatic carbocycles. The minimum absolute atomic E-state index is 0.0298. The Labute approximate surface area is 263 Å². The van der Waals surface area contributed by atoms with Crippen molar-refractivity contribution in [2.24, 2.45) is 4.99 Å². The maximum absolute atomic E-state index is 14.2. The molecule has 44 heavy (non-hydrogen) atoms. The number of aliphatic hydroxyl groups excluding tert-OH is 1. The van der Waals surface area contributed by atoms with Gasteiger partial charge >= 0.3 is 0 Å². The first-order valence-corrected chi connectivity index (χ1v) is 15.0. The molecule has 1 aliphatic rings. The summed E-state index contributed by atoms with van der Waals surface area (Å²) in [5.74, 6) is -1.45. The molecule has 226 valence electrons. The summed E-state index contributed by atoms with van der Waals surface area (Å²) in [6.07, 6.45) is 3.74. The quantitative estimate of drug-likeness (QED) is 0.158. The molecule has 2 N–H and O–H groups in total. The van der Waals surface area contributed by atoms with Crippen molar-refractivity contribution in [2.75, 3.05) is 13.2 Å². The maximum atomic E-state index is 14.2. The monoisotopic (exact) mass is 660 g/mol. The van der Waals surface area contributed by atoms with Crippen LogP contribution >= 0.6 is 15.9 Å². The van der Waals surface area contributed by atoms with Crippen LogP contribution in [-0.4, -0.2) is 35.7 Å². The Balaban J connectivity index is 1.52. The van der Waals surface area contributed by atoms with E-state index in [9.17, 15) is 13.6 Å². The first-order chi connectivity index (χ1) is 21.4. The zero-order chi connectivity index (χ0) is 30.9. The average molecular weight is 662 g/mol. The second-order valence-electron chi connectivity index (χ2n) is 10.3. The summed E-state index contributed by atoms with van der Waals surface area (Å²) in [5, 5.41) is 11.9. The maximum Gasteiger partial charge on any atom is 0.252 e. The fraction of sp³-hybridized carbons (Fsp3) is 0.200. The zero-order valence-corrected chi connectivity index (χ0v) is 25.3. The van der Waals surface area contributed by atoms with Gasteiger partial charge in [-0.25, -0.2) is 13.8 Å². The van der Waals surface area contributed by atoms with E-state index in [-0.39, 0.29) is 25.5 Å². The summed E-state index contributed by atoms with van der Waals surface area (Å²) in [4.78, 5) is 19.2. The minimum Gasteiger partial charge on any atom is -0.494 e. The molecule has 1 aliphatic heterocycles. The van der Waals surface area contributed by atoms with E-state index in [1.165, 1.54) is 6.07 Å². The summed E-state index contributed by atoms with van der Waals surface area (Å²) in [7, 11) is 0. The number of carbonyl (C=O) groups excluding carboxylic acids is 1. The lowest BCUT2D eigenvalue weighted by Gasteiger charge is -2.30. The normalized spacial score (nSPS) is 17.7. The molecule has 9 heteroatoms. The summed E-state index contributed by atoms with van der Waals surface area (Å²) in [6.45, 7) is 0.394. The van der Waals surface area contributed by atoms with E-state index < -0.39 is 29.2 Å². The number of hydrogen-bond acceptors (Lipinski definition) is 5. The van der Waals surface area contributed by atoms with Crippen molar-refractivity contribution in [1.82, 2.24) is 5.32 Å². The molecule has 2 atom stereocenters. The summed E-state index contributed by atoms with van der Waals surface area (Å²) >= 11 is 3.48. The van der Waals surface area contributed by atoms with Gasteiger partial charge in [0.05, 0.1) is 6.61 Å². The van der Waals surface area contributed by atoms with Gasteiger partial charge in [0, 0.05) is 36.0 Å². The second-order valence-corrected chi connectivity index (χ2v) is 11.2. The van der Waals surface area contributed by atoms with Crippen molar-refractivity contribution < 1.29 is 28.2 Å². The van der Waals surface area contributed by atoms with Gasteiger partial charge in [-0.2, -0.15) is 0 Å². The number of benzene rings is 4. The number of hydrogen-bond donors (Lipinski definition) is 2. The molecule has 0 bridgehead atoms. The van der Waals surface area contributed by atoms with Crippen molar-refractivity contribution in [3.8, 4) is 5.75 Å². The molecule has 1 amide bonds. The topological polar surface area (TPSA) is 80.2 Å². The highest BCUT2D eigenvalue weighted by molar-refractivity contribution is 9.10. The fourth-order valence-electron chi connectivity index (χ4n) is 4.88. The number of aliphatic imine (C=N–C) groups is 1. The van der Waals surface area contributed by atoms with Gasteiger partial charge in [-0.05, 0) is 65.2 Å². The van der Waals surface area contributed by atoms with Crippen molar-refractivity contribution in [3.05, 3.63) is 141 Å². The Kier molecular flexibility index (Phi) is 10.2. The molecular weight excluding hydrogens is 630 g/mol. The highest BCUT2D eigenvalue weighted by Crippen LogP contribution is 2.43. The van der Waals surface area contributed by atoms with E-state index in [0.29, 0.717) is 29.9 Å². The van der Waals surface area contributed by atoms with Crippen LogP contribution in [0.3, 0.4) is 0 Å². The van der Waals surface area contributed by atoms with E-state index in [1.54, 1.807) is 24.3 Å². The first-order valence-electron chi connectivity index (χ1n) is 14.2. The third-order valence-corrected chi connectivity index (χ3v) is 7.71. The molecule has 4 aromatic rings. The Morgan fingerprint density at radius 3 is 2.45 bits per heavy atom. The standard InChI is InChI=1S/C35H31BrF2N2O4/c36-28-14-10-26(11-15-28)32-35(19-4-8-24-6-2-1-3-7-24,34(42)39-23-25-9-18-30(37)31(38)22-25)40-33(44-32)27-12-16-29(17-13-27)43-21-5-20-41/h1-4,6-18,22,32,41H,5,19-21,23H2,(H,39,42)/b8-4+/t32-,35-/m1/s1. The van der Waals surface area contributed by atoms with Gasteiger partial charge in [-0.1, -0.05) is 76.6 Å². The predicted octanol–water partition coefficient (Wildman–Crippen LogP) is 7.17. The largest absolute Gasteiger partial charge is 0.494 e. The molecule has 5 rings (SSSR count). The SMILES string of the molecule is O=C(NCc1ccc(F)c(F)c1)[C@]1(C/C=C/c2ccccc2)N=C(c2ccc(OCCCO)cc2)O[C@@H]1c1ccc(Br)cc1. The van der Waals surface area contributed by atoms with Crippen LogP contribution in [-0.2, 0) is 16.1 Å². The van der Waals surface area contributed by atoms with E-state index in [4.69, 9.17) is 19.6 Å². The molecule has 6 nitrogen and oxygen atoms in total. The molecule has 4 aromatic carbocycles. The van der Waals surface area contributed by atoms with Crippen LogP contribution in [0.25, 0.3) is 6.08 Å². The second kappa shape index (κ2) is 14.4. The van der Waals surface area contributed by atoms with Crippen LogP contribution in [0.1, 0.15) is 41.2 Å². The zero-order valence-electron chi connectivity index (χ0n) is 23.8. The minimum atomic E-state index is -1.43. The van der Waals surface area contributed by atoms with Crippen LogP contribution in [0.4, 0.5) is 8.78 Å². The Morgan fingerprint density at radius 2 is 1.75 bits per heavy atom. The van der Waals surface area contributed by atoms with Crippen LogP contribution in [0, 0.1) is 11.6 Å². The van der Waals surface area contributed by atoms with Gasteiger partial charge in [0.15, 0.2) is 23.3 Å².